The van der Waals surface area contributed by atoms with E-state index in [1.165, 1.54) is 11.1 Å². The average molecular weight is 425 g/mol. The zero-order valence-corrected chi connectivity index (χ0v) is 16.1. The number of hydrogen-bond acceptors (Lipinski definition) is 4. The highest BCUT2D eigenvalue weighted by atomic mass is 19.4. The fraction of sp³-hybridized carbons (Fsp3) is 0.450. The Balaban J connectivity index is 0.000000318. The summed E-state index contributed by atoms with van der Waals surface area (Å²) in [5, 5.41) is 14.8. The molecule has 0 spiro atoms. The maximum Gasteiger partial charge on any atom is 0.490 e. The molecule has 1 aromatic heterocycles. The Labute approximate surface area is 170 Å². The molecule has 0 radical (unpaired) electrons. The summed E-state index contributed by atoms with van der Waals surface area (Å²) in [6.45, 7) is 1.97. The van der Waals surface area contributed by atoms with Gasteiger partial charge in [-0.1, -0.05) is 30.3 Å². The topological polar surface area (TPSA) is 93.5 Å². The number of alkyl halides is 3. The van der Waals surface area contributed by atoms with Crippen LogP contribution >= 0.6 is 0 Å². The molecule has 4 rings (SSSR count). The van der Waals surface area contributed by atoms with Crippen molar-refractivity contribution in [1.82, 2.24) is 15.1 Å². The van der Waals surface area contributed by atoms with Crippen molar-refractivity contribution in [3.05, 3.63) is 53.3 Å². The maximum atomic E-state index is 11.8. The van der Waals surface area contributed by atoms with Gasteiger partial charge in [-0.15, -0.1) is 0 Å². The minimum absolute atomic E-state index is 0.126. The Bertz CT molecular complexity index is 879. The number of aromatic nitrogens is 2. The second kappa shape index (κ2) is 9.29. The summed E-state index contributed by atoms with van der Waals surface area (Å²) < 4.78 is 39.5. The minimum atomic E-state index is -5.08. The van der Waals surface area contributed by atoms with Gasteiger partial charge in [-0.3, -0.25) is 9.48 Å². The molecule has 30 heavy (non-hydrogen) atoms. The van der Waals surface area contributed by atoms with Crippen LogP contribution in [0, 0.1) is 5.92 Å². The molecule has 0 bridgehead atoms. The molecule has 2 heterocycles. The molecule has 7 nitrogen and oxygen atoms in total. The molecule has 1 atom stereocenters. The van der Waals surface area contributed by atoms with Gasteiger partial charge in [-0.05, 0) is 30.4 Å². The summed E-state index contributed by atoms with van der Waals surface area (Å²) in [7, 11) is 0. The van der Waals surface area contributed by atoms with Crippen LogP contribution < -0.4 is 5.32 Å². The van der Waals surface area contributed by atoms with Crippen LogP contribution in [-0.2, 0) is 27.3 Å². The van der Waals surface area contributed by atoms with E-state index in [0.717, 1.165) is 31.5 Å². The Kier molecular flexibility index (Phi) is 6.76. The molecule has 1 aromatic carbocycles. The van der Waals surface area contributed by atoms with Crippen LogP contribution in [0.5, 0.6) is 0 Å². The van der Waals surface area contributed by atoms with Crippen molar-refractivity contribution in [1.29, 1.82) is 0 Å². The molecule has 2 aromatic rings. The first-order chi connectivity index (χ1) is 14.2. The van der Waals surface area contributed by atoms with Crippen molar-refractivity contribution < 1.29 is 32.6 Å². The molecule has 0 saturated heterocycles. The number of amides is 1. The predicted octanol–water partition coefficient (Wildman–Crippen LogP) is 2.70. The van der Waals surface area contributed by atoms with Crippen LogP contribution in [0.15, 0.2) is 36.5 Å². The Morgan fingerprint density at radius 3 is 2.50 bits per heavy atom. The number of fused-ring (bicyclic) bond motifs is 1. The van der Waals surface area contributed by atoms with E-state index >= 15 is 0 Å². The number of carbonyl (C=O) groups is 2. The largest absolute Gasteiger partial charge is 0.490 e. The van der Waals surface area contributed by atoms with Crippen molar-refractivity contribution in [3.63, 3.8) is 0 Å². The third-order valence-electron chi connectivity index (χ3n) is 4.71. The summed E-state index contributed by atoms with van der Waals surface area (Å²) in [6, 6.07) is 10.3. The number of carboxylic acid groups (broad SMARTS) is 1. The predicted molar refractivity (Wildman–Crippen MR) is 99.6 cm³/mol. The number of hydrogen-bond donors (Lipinski definition) is 2. The van der Waals surface area contributed by atoms with E-state index in [9.17, 15) is 18.0 Å². The molecular weight excluding hydrogens is 403 g/mol. The lowest BCUT2D eigenvalue weighted by Crippen LogP contribution is -2.32. The van der Waals surface area contributed by atoms with Crippen molar-refractivity contribution in [2.75, 3.05) is 13.2 Å². The van der Waals surface area contributed by atoms with E-state index in [2.05, 4.69) is 23.6 Å². The van der Waals surface area contributed by atoms with Crippen LogP contribution in [0.4, 0.5) is 13.2 Å². The zero-order chi connectivity index (χ0) is 21.7. The lowest BCUT2D eigenvalue weighted by molar-refractivity contribution is -0.192. The summed E-state index contributed by atoms with van der Waals surface area (Å²) in [4.78, 5) is 20.7. The summed E-state index contributed by atoms with van der Waals surface area (Å²) in [5.74, 6) is -2.37. The van der Waals surface area contributed by atoms with Gasteiger partial charge in [0.25, 0.3) is 0 Å². The number of aliphatic carboxylic acids is 1. The first-order valence-electron chi connectivity index (χ1n) is 9.53. The minimum Gasteiger partial charge on any atom is -0.475 e. The van der Waals surface area contributed by atoms with Gasteiger partial charge in [0.2, 0.25) is 5.91 Å². The molecule has 1 saturated carbocycles. The number of benzene rings is 1. The van der Waals surface area contributed by atoms with E-state index in [4.69, 9.17) is 19.7 Å². The van der Waals surface area contributed by atoms with E-state index in [1.807, 2.05) is 22.9 Å². The summed E-state index contributed by atoms with van der Waals surface area (Å²) in [5.41, 5.74) is 3.44. The third kappa shape index (κ3) is 6.06. The lowest BCUT2D eigenvalue weighted by atomic mass is 10.1. The first kappa shape index (κ1) is 21.8. The highest BCUT2D eigenvalue weighted by Gasteiger charge is 2.38. The number of carboxylic acids is 1. The van der Waals surface area contributed by atoms with Gasteiger partial charge in [0, 0.05) is 18.7 Å². The molecule has 10 heteroatoms. The SMILES string of the molecule is O=C(NCC1OCCc2cn(Cc3ccccc3)nc21)C1CC1.O=C(O)C(F)(F)F. The number of halogens is 3. The molecule has 162 valence electrons. The second-order valence-corrected chi connectivity index (χ2v) is 7.15. The van der Waals surface area contributed by atoms with E-state index < -0.39 is 12.1 Å². The third-order valence-corrected chi connectivity index (χ3v) is 4.71. The van der Waals surface area contributed by atoms with Crippen molar-refractivity contribution in [2.45, 2.75) is 38.1 Å². The average Bonchev–Trinajstić information content (AvgIpc) is 3.47. The van der Waals surface area contributed by atoms with Crippen molar-refractivity contribution >= 4 is 11.9 Å². The molecule has 1 unspecified atom stereocenters. The molecule has 2 aliphatic rings. The Morgan fingerprint density at radius 2 is 1.90 bits per heavy atom. The molecule has 2 N–H and O–H groups in total. The van der Waals surface area contributed by atoms with Gasteiger partial charge in [0.15, 0.2) is 0 Å². The maximum absolute atomic E-state index is 11.8. The second-order valence-electron chi connectivity index (χ2n) is 7.15. The van der Waals surface area contributed by atoms with E-state index in [1.54, 1.807) is 0 Å². The van der Waals surface area contributed by atoms with E-state index in [-0.39, 0.29) is 17.9 Å². The number of rotatable bonds is 5. The smallest absolute Gasteiger partial charge is 0.475 e. The summed E-state index contributed by atoms with van der Waals surface area (Å²) >= 11 is 0. The fourth-order valence-electron chi connectivity index (χ4n) is 3.02. The number of nitrogens with zero attached hydrogens (tertiary/aromatic N) is 2. The molecule has 1 aliphatic carbocycles. The number of ether oxygens (including phenoxy) is 1. The highest BCUT2D eigenvalue weighted by Crippen LogP contribution is 2.30. The van der Waals surface area contributed by atoms with Gasteiger partial charge in [0.1, 0.15) is 6.10 Å². The highest BCUT2D eigenvalue weighted by molar-refractivity contribution is 5.80. The Morgan fingerprint density at radius 1 is 1.23 bits per heavy atom. The van der Waals surface area contributed by atoms with Crippen LogP contribution in [0.3, 0.4) is 0 Å². The van der Waals surface area contributed by atoms with Crippen LogP contribution in [-0.4, -0.2) is 46.1 Å². The summed E-state index contributed by atoms with van der Waals surface area (Å²) in [6.07, 6.45) is -0.168. The van der Waals surface area contributed by atoms with Crippen molar-refractivity contribution in [3.8, 4) is 0 Å². The lowest BCUT2D eigenvalue weighted by Gasteiger charge is -2.22. The zero-order valence-electron chi connectivity index (χ0n) is 16.1. The van der Waals surface area contributed by atoms with Crippen molar-refractivity contribution in [2.24, 2.45) is 5.92 Å². The van der Waals surface area contributed by atoms with Gasteiger partial charge in [-0.2, -0.15) is 18.3 Å². The van der Waals surface area contributed by atoms with Crippen LogP contribution in [0.1, 0.15) is 35.8 Å². The van der Waals surface area contributed by atoms with Gasteiger partial charge in [-0.25, -0.2) is 4.79 Å². The normalized spacial score (nSPS) is 18.0. The quantitative estimate of drug-likeness (QED) is 0.769. The number of nitrogens with one attached hydrogen (secondary N) is 1. The van der Waals surface area contributed by atoms with Gasteiger partial charge < -0.3 is 15.2 Å². The molecular formula is C20H22F3N3O4. The van der Waals surface area contributed by atoms with Gasteiger partial charge in [0.05, 0.1) is 18.8 Å². The Hall–Kier alpha value is -2.88. The van der Waals surface area contributed by atoms with Crippen LogP contribution in [0.25, 0.3) is 0 Å². The standard InChI is InChI=1S/C18H21N3O2.C2HF3O2/c22-18(14-6-7-14)19-10-16-17-15(8-9-23-16)12-21(20-17)11-13-4-2-1-3-5-13;3-2(4,5)1(6)7/h1-5,12,14,16H,6-11H2,(H,19,22);(H,6,7). The molecule has 1 fully saturated rings. The molecule has 1 amide bonds. The fourth-order valence-corrected chi connectivity index (χ4v) is 3.02. The van der Waals surface area contributed by atoms with E-state index in [0.29, 0.717) is 13.2 Å². The van der Waals surface area contributed by atoms with Crippen LogP contribution in [0.2, 0.25) is 0 Å². The molecule has 1 aliphatic heterocycles. The first-order valence-corrected chi connectivity index (χ1v) is 9.53. The number of carbonyl (C=O) groups excluding carboxylic acids is 1. The monoisotopic (exact) mass is 425 g/mol. The van der Waals surface area contributed by atoms with Gasteiger partial charge >= 0.3 is 12.1 Å².